The molecule has 3 nitrogen and oxygen atoms in total. The van der Waals surface area contributed by atoms with Crippen LogP contribution >= 0.6 is 0 Å². The van der Waals surface area contributed by atoms with Crippen LogP contribution in [0.3, 0.4) is 0 Å². The fourth-order valence-corrected chi connectivity index (χ4v) is 2.85. The zero-order valence-electron chi connectivity index (χ0n) is 12.4. The first kappa shape index (κ1) is 15.0. The van der Waals surface area contributed by atoms with Gasteiger partial charge >= 0.3 is 0 Å². The van der Waals surface area contributed by atoms with E-state index >= 15 is 0 Å². The van der Waals surface area contributed by atoms with Gasteiger partial charge in [-0.15, -0.1) is 0 Å². The van der Waals surface area contributed by atoms with Crippen molar-refractivity contribution in [2.75, 3.05) is 13.1 Å². The topological polar surface area (TPSA) is 55.1 Å². The van der Waals surface area contributed by atoms with Crippen LogP contribution in [0, 0.1) is 11.8 Å². The highest BCUT2D eigenvalue weighted by atomic mass is 16.1. The zero-order valence-corrected chi connectivity index (χ0v) is 12.4. The molecular formula is C17H26N2O. The quantitative estimate of drug-likeness (QED) is 0.782. The summed E-state index contributed by atoms with van der Waals surface area (Å²) in [7, 11) is 0. The van der Waals surface area contributed by atoms with Crippen molar-refractivity contribution in [3.05, 3.63) is 35.4 Å². The summed E-state index contributed by atoms with van der Waals surface area (Å²) < 4.78 is 0. The highest BCUT2D eigenvalue weighted by Gasteiger charge is 2.23. The second-order valence-corrected chi connectivity index (χ2v) is 5.98. The molecule has 0 saturated heterocycles. The number of amides is 1. The Morgan fingerprint density at radius 2 is 2.15 bits per heavy atom. The molecule has 0 fully saturated rings. The average Bonchev–Trinajstić information content (AvgIpc) is 2.50. The van der Waals surface area contributed by atoms with Crippen LogP contribution in [-0.2, 0) is 17.6 Å². The molecular weight excluding hydrogens is 248 g/mol. The van der Waals surface area contributed by atoms with Crippen LogP contribution in [0.4, 0.5) is 0 Å². The molecule has 20 heavy (non-hydrogen) atoms. The summed E-state index contributed by atoms with van der Waals surface area (Å²) >= 11 is 0. The Labute approximate surface area is 121 Å². The monoisotopic (exact) mass is 274 g/mol. The highest BCUT2D eigenvalue weighted by molar-refractivity contribution is 5.79. The van der Waals surface area contributed by atoms with Crippen molar-refractivity contribution in [3.8, 4) is 0 Å². The number of fused-ring (bicyclic) bond motifs is 1. The fraction of sp³-hybridized carbons (Fsp3) is 0.588. The van der Waals surface area contributed by atoms with Crippen LogP contribution in [-0.4, -0.2) is 19.0 Å². The SMILES string of the molecule is CC(CN)CCCNC(=O)C1CCc2ccccc2C1. The number of aryl methyl sites for hydroxylation is 1. The van der Waals surface area contributed by atoms with Gasteiger partial charge in [-0.25, -0.2) is 0 Å². The van der Waals surface area contributed by atoms with Crippen LogP contribution in [0.15, 0.2) is 24.3 Å². The Hall–Kier alpha value is -1.35. The Morgan fingerprint density at radius 1 is 1.40 bits per heavy atom. The minimum atomic E-state index is 0.150. The van der Waals surface area contributed by atoms with Crippen molar-refractivity contribution in [1.82, 2.24) is 5.32 Å². The Balaban J connectivity index is 1.74. The second kappa shape index (κ2) is 7.44. The molecule has 1 aromatic rings. The maximum absolute atomic E-state index is 12.2. The molecule has 3 heteroatoms. The molecule has 110 valence electrons. The smallest absolute Gasteiger partial charge is 0.223 e. The van der Waals surface area contributed by atoms with Gasteiger partial charge in [0.25, 0.3) is 0 Å². The lowest BCUT2D eigenvalue weighted by Crippen LogP contribution is -2.34. The van der Waals surface area contributed by atoms with Gasteiger partial charge in [0.2, 0.25) is 5.91 Å². The first-order valence-corrected chi connectivity index (χ1v) is 7.75. The molecule has 0 bridgehead atoms. The molecule has 0 aliphatic heterocycles. The number of carbonyl (C=O) groups excluding carboxylic acids is 1. The molecule has 1 aliphatic rings. The molecule has 0 aromatic heterocycles. The molecule has 2 atom stereocenters. The predicted molar refractivity (Wildman–Crippen MR) is 82.4 cm³/mol. The number of nitrogens with one attached hydrogen (secondary N) is 1. The molecule has 0 spiro atoms. The van der Waals surface area contributed by atoms with Crippen LogP contribution in [0.2, 0.25) is 0 Å². The average molecular weight is 274 g/mol. The van der Waals surface area contributed by atoms with Gasteiger partial charge in [-0.05, 0) is 55.7 Å². The molecule has 0 saturated carbocycles. The van der Waals surface area contributed by atoms with E-state index in [0.717, 1.165) is 45.2 Å². The first-order valence-electron chi connectivity index (χ1n) is 7.75. The van der Waals surface area contributed by atoms with Crippen LogP contribution in [0.25, 0.3) is 0 Å². The number of nitrogens with two attached hydrogens (primary N) is 1. The van der Waals surface area contributed by atoms with Crippen LogP contribution in [0.5, 0.6) is 0 Å². The predicted octanol–water partition coefficient (Wildman–Crippen LogP) is 2.28. The van der Waals surface area contributed by atoms with E-state index in [-0.39, 0.29) is 11.8 Å². The van der Waals surface area contributed by atoms with Crippen molar-refractivity contribution >= 4 is 5.91 Å². The molecule has 3 N–H and O–H groups in total. The fourth-order valence-electron chi connectivity index (χ4n) is 2.85. The minimum Gasteiger partial charge on any atom is -0.356 e. The third kappa shape index (κ3) is 4.07. The van der Waals surface area contributed by atoms with E-state index in [0.29, 0.717) is 5.92 Å². The lowest BCUT2D eigenvalue weighted by molar-refractivity contribution is -0.125. The number of benzene rings is 1. The van der Waals surface area contributed by atoms with Crippen LogP contribution < -0.4 is 11.1 Å². The maximum atomic E-state index is 12.2. The summed E-state index contributed by atoms with van der Waals surface area (Å²) in [5, 5.41) is 3.08. The van der Waals surface area contributed by atoms with Gasteiger partial charge in [0, 0.05) is 12.5 Å². The molecule has 2 rings (SSSR count). The summed E-state index contributed by atoms with van der Waals surface area (Å²) in [6, 6.07) is 8.47. The Bertz CT molecular complexity index is 444. The minimum absolute atomic E-state index is 0.150. The number of carbonyl (C=O) groups is 1. The molecule has 1 aliphatic carbocycles. The first-order chi connectivity index (χ1) is 9.70. The van der Waals surface area contributed by atoms with E-state index in [4.69, 9.17) is 5.73 Å². The van der Waals surface area contributed by atoms with Crippen molar-refractivity contribution in [2.24, 2.45) is 17.6 Å². The summed E-state index contributed by atoms with van der Waals surface area (Å²) in [6.45, 7) is 3.66. The van der Waals surface area contributed by atoms with Crippen molar-refractivity contribution in [2.45, 2.75) is 39.0 Å². The van der Waals surface area contributed by atoms with Gasteiger partial charge in [-0.2, -0.15) is 0 Å². The second-order valence-electron chi connectivity index (χ2n) is 5.98. The van der Waals surface area contributed by atoms with E-state index in [1.807, 2.05) is 0 Å². The molecule has 0 heterocycles. The van der Waals surface area contributed by atoms with E-state index < -0.39 is 0 Å². The van der Waals surface area contributed by atoms with Gasteiger partial charge in [0.1, 0.15) is 0 Å². The summed E-state index contributed by atoms with van der Waals surface area (Å²) in [4.78, 5) is 12.2. The maximum Gasteiger partial charge on any atom is 0.223 e. The number of hydrogen-bond acceptors (Lipinski definition) is 2. The highest BCUT2D eigenvalue weighted by Crippen LogP contribution is 2.25. The van der Waals surface area contributed by atoms with Crippen molar-refractivity contribution in [1.29, 1.82) is 0 Å². The molecule has 2 unspecified atom stereocenters. The van der Waals surface area contributed by atoms with Crippen molar-refractivity contribution in [3.63, 3.8) is 0 Å². The molecule has 1 amide bonds. The summed E-state index contributed by atoms with van der Waals surface area (Å²) in [5.41, 5.74) is 8.34. The Kier molecular flexibility index (Phi) is 5.60. The van der Waals surface area contributed by atoms with Crippen molar-refractivity contribution < 1.29 is 4.79 Å². The lowest BCUT2D eigenvalue weighted by Gasteiger charge is -2.23. The largest absolute Gasteiger partial charge is 0.356 e. The van der Waals surface area contributed by atoms with Gasteiger partial charge < -0.3 is 11.1 Å². The van der Waals surface area contributed by atoms with Gasteiger partial charge in [-0.1, -0.05) is 31.2 Å². The summed E-state index contributed by atoms with van der Waals surface area (Å²) in [6.07, 6.45) is 5.00. The zero-order chi connectivity index (χ0) is 14.4. The normalized spacial score (nSPS) is 19.2. The third-order valence-electron chi connectivity index (χ3n) is 4.29. The van der Waals surface area contributed by atoms with E-state index in [1.165, 1.54) is 11.1 Å². The number of rotatable bonds is 6. The van der Waals surface area contributed by atoms with Gasteiger partial charge in [0.05, 0.1) is 0 Å². The van der Waals surface area contributed by atoms with E-state index in [2.05, 4.69) is 36.5 Å². The van der Waals surface area contributed by atoms with Crippen LogP contribution in [0.1, 0.15) is 37.3 Å². The van der Waals surface area contributed by atoms with E-state index in [9.17, 15) is 4.79 Å². The van der Waals surface area contributed by atoms with E-state index in [1.54, 1.807) is 0 Å². The molecule has 0 radical (unpaired) electrons. The molecule has 1 aromatic carbocycles. The summed E-state index contributed by atoms with van der Waals surface area (Å²) in [5.74, 6) is 0.921. The number of hydrogen-bond donors (Lipinski definition) is 2. The Morgan fingerprint density at radius 3 is 2.90 bits per heavy atom. The van der Waals surface area contributed by atoms with Gasteiger partial charge in [0.15, 0.2) is 0 Å². The standard InChI is InChI=1S/C17H26N2O/c1-13(12-18)5-4-10-19-17(20)16-9-8-14-6-2-3-7-15(14)11-16/h2-3,6-7,13,16H,4-5,8-12,18H2,1H3,(H,19,20). The lowest BCUT2D eigenvalue weighted by atomic mass is 9.83. The third-order valence-corrected chi connectivity index (χ3v) is 4.29. The van der Waals surface area contributed by atoms with Gasteiger partial charge in [-0.3, -0.25) is 4.79 Å².